The van der Waals surface area contributed by atoms with Gasteiger partial charge in [-0.25, -0.2) is 4.79 Å². The highest BCUT2D eigenvalue weighted by Gasteiger charge is 2.39. The van der Waals surface area contributed by atoms with Gasteiger partial charge in [0.05, 0.1) is 11.6 Å². The first-order valence-corrected chi connectivity index (χ1v) is 5.66. The third-order valence-electron chi connectivity index (χ3n) is 3.24. The van der Waals surface area contributed by atoms with Crippen LogP contribution in [0.4, 0.5) is 4.79 Å². The molecule has 88 valence electrons. The first kappa shape index (κ1) is 12.3. The van der Waals surface area contributed by atoms with Crippen molar-refractivity contribution >= 4 is 6.09 Å². The van der Waals surface area contributed by atoms with Gasteiger partial charge in [0, 0.05) is 13.6 Å². The predicted octanol–water partition coefficient (Wildman–Crippen LogP) is 1.73. The Bertz CT molecular complexity index is 223. The van der Waals surface area contributed by atoms with Crippen LogP contribution in [0.2, 0.25) is 0 Å². The topological polar surface area (TPSA) is 55.6 Å². The maximum absolute atomic E-state index is 11.8. The summed E-state index contributed by atoms with van der Waals surface area (Å²) in [4.78, 5) is 13.4. The van der Waals surface area contributed by atoms with Gasteiger partial charge in [0.2, 0.25) is 0 Å². The number of hydrogen-bond acceptors (Lipinski definition) is 3. The molecule has 0 aliphatic heterocycles. The quantitative estimate of drug-likeness (QED) is 0.778. The summed E-state index contributed by atoms with van der Waals surface area (Å²) in [5, 5.41) is 0. The van der Waals surface area contributed by atoms with E-state index in [9.17, 15) is 4.79 Å². The molecule has 0 heterocycles. The molecule has 0 bridgehead atoms. The fourth-order valence-electron chi connectivity index (χ4n) is 2.18. The van der Waals surface area contributed by atoms with E-state index in [-0.39, 0.29) is 17.7 Å². The third-order valence-corrected chi connectivity index (χ3v) is 3.24. The van der Waals surface area contributed by atoms with Gasteiger partial charge in [0.1, 0.15) is 0 Å². The molecule has 0 saturated heterocycles. The molecule has 4 heteroatoms. The van der Waals surface area contributed by atoms with Crippen molar-refractivity contribution in [1.29, 1.82) is 0 Å². The maximum Gasteiger partial charge on any atom is 0.410 e. The molecule has 2 N–H and O–H groups in total. The summed E-state index contributed by atoms with van der Waals surface area (Å²) < 4.78 is 5.18. The van der Waals surface area contributed by atoms with Crippen LogP contribution < -0.4 is 5.73 Å². The van der Waals surface area contributed by atoms with Crippen LogP contribution in [-0.4, -0.2) is 36.2 Å². The van der Waals surface area contributed by atoms with Crippen LogP contribution >= 0.6 is 0 Å². The number of amides is 1. The molecule has 1 amide bonds. The third kappa shape index (κ3) is 2.62. The number of ether oxygens (including phenoxy) is 1. The van der Waals surface area contributed by atoms with Crippen molar-refractivity contribution in [2.45, 2.75) is 51.2 Å². The predicted molar refractivity (Wildman–Crippen MR) is 59.6 cm³/mol. The first-order valence-electron chi connectivity index (χ1n) is 5.66. The van der Waals surface area contributed by atoms with Crippen molar-refractivity contribution in [3.63, 3.8) is 0 Å². The van der Waals surface area contributed by atoms with Gasteiger partial charge in [0.25, 0.3) is 0 Å². The molecule has 0 unspecified atom stereocenters. The van der Waals surface area contributed by atoms with Crippen LogP contribution in [0.5, 0.6) is 0 Å². The molecular formula is C11H22N2O2. The highest BCUT2D eigenvalue weighted by molar-refractivity contribution is 5.68. The Hall–Kier alpha value is -0.770. The molecule has 0 spiro atoms. The average Bonchev–Trinajstić information content (AvgIpc) is 2.65. The first-order chi connectivity index (χ1) is 7.02. The number of likely N-dealkylation sites (N-methyl/N-ethyl adjacent to an activating group) is 1. The summed E-state index contributed by atoms with van der Waals surface area (Å²) in [5.41, 5.74) is 5.63. The molecule has 1 aliphatic carbocycles. The van der Waals surface area contributed by atoms with Crippen LogP contribution in [0, 0.1) is 0 Å². The van der Waals surface area contributed by atoms with Crippen molar-refractivity contribution in [2.24, 2.45) is 5.73 Å². The van der Waals surface area contributed by atoms with Crippen molar-refractivity contribution in [1.82, 2.24) is 4.90 Å². The summed E-state index contributed by atoms with van der Waals surface area (Å²) in [7, 11) is 1.79. The number of rotatable bonds is 3. The lowest BCUT2D eigenvalue weighted by molar-refractivity contribution is 0.0488. The number of nitrogens with zero attached hydrogens (tertiary/aromatic N) is 1. The van der Waals surface area contributed by atoms with E-state index in [1.807, 2.05) is 13.8 Å². The van der Waals surface area contributed by atoms with Gasteiger partial charge in [-0.2, -0.15) is 0 Å². The normalized spacial score (nSPS) is 19.3. The van der Waals surface area contributed by atoms with Crippen LogP contribution in [0.1, 0.15) is 39.5 Å². The molecule has 0 aromatic carbocycles. The van der Waals surface area contributed by atoms with Gasteiger partial charge in [-0.3, -0.25) is 0 Å². The Balaban J connectivity index is 2.64. The summed E-state index contributed by atoms with van der Waals surface area (Å²) in [6, 6.07) is 0. The van der Waals surface area contributed by atoms with Gasteiger partial charge in [-0.15, -0.1) is 0 Å². The van der Waals surface area contributed by atoms with Gasteiger partial charge < -0.3 is 15.4 Å². The Morgan fingerprint density at radius 3 is 2.40 bits per heavy atom. The van der Waals surface area contributed by atoms with Crippen molar-refractivity contribution in [3.05, 3.63) is 0 Å². The second-order valence-corrected chi connectivity index (χ2v) is 4.63. The minimum atomic E-state index is -0.252. The highest BCUT2D eigenvalue weighted by Crippen LogP contribution is 2.33. The Morgan fingerprint density at radius 1 is 1.47 bits per heavy atom. The molecule has 0 aromatic rings. The van der Waals surface area contributed by atoms with E-state index in [4.69, 9.17) is 10.5 Å². The summed E-state index contributed by atoms with van der Waals surface area (Å²) in [5.74, 6) is 0. The smallest absolute Gasteiger partial charge is 0.410 e. The molecule has 1 aliphatic rings. The number of nitrogens with two attached hydrogens (primary N) is 1. The summed E-state index contributed by atoms with van der Waals surface area (Å²) >= 11 is 0. The maximum atomic E-state index is 11.8. The molecule has 15 heavy (non-hydrogen) atoms. The number of carbonyl (C=O) groups excluding carboxylic acids is 1. The van der Waals surface area contributed by atoms with Crippen LogP contribution in [0.25, 0.3) is 0 Å². The molecule has 1 rings (SSSR count). The van der Waals surface area contributed by atoms with Gasteiger partial charge >= 0.3 is 6.09 Å². The van der Waals surface area contributed by atoms with Gasteiger partial charge in [-0.1, -0.05) is 12.8 Å². The monoisotopic (exact) mass is 214 g/mol. The molecule has 0 atom stereocenters. The molecule has 1 saturated carbocycles. The largest absolute Gasteiger partial charge is 0.447 e. The lowest BCUT2D eigenvalue weighted by Gasteiger charge is -2.37. The van der Waals surface area contributed by atoms with Crippen LogP contribution in [0.15, 0.2) is 0 Å². The SMILES string of the molecule is CC(C)OC(=O)N(C)C1(CN)CCCC1. The van der Waals surface area contributed by atoms with Crippen LogP contribution in [-0.2, 0) is 4.74 Å². The van der Waals surface area contributed by atoms with Crippen molar-refractivity contribution in [2.75, 3.05) is 13.6 Å². The molecule has 1 fully saturated rings. The number of hydrogen-bond donors (Lipinski definition) is 1. The summed E-state index contributed by atoms with van der Waals surface area (Å²) in [6.45, 7) is 4.24. The van der Waals surface area contributed by atoms with E-state index in [0.717, 1.165) is 25.7 Å². The Kier molecular flexibility index (Phi) is 3.97. The average molecular weight is 214 g/mol. The van der Waals surface area contributed by atoms with Crippen molar-refractivity contribution in [3.8, 4) is 0 Å². The minimum Gasteiger partial charge on any atom is -0.447 e. The van der Waals surface area contributed by atoms with Crippen LogP contribution in [0.3, 0.4) is 0 Å². The fraction of sp³-hybridized carbons (Fsp3) is 0.909. The zero-order valence-electron chi connectivity index (χ0n) is 9.95. The summed E-state index contributed by atoms with van der Waals surface area (Å²) in [6.07, 6.45) is 3.96. The van der Waals surface area contributed by atoms with Crippen molar-refractivity contribution < 1.29 is 9.53 Å². The molecular weight excluding hydrogens is 192 g/mol. The minimum absolute atomic E-state index is 0.0730. The molecule has 4 nitrogen and oxygen atoms in total. The zero-order valence-corrected chi connectivity index (χ0v) is 9.95. The molecule has 0 radical (unpaired) electrons. The highest BCUT2D eigenvalue weighted by atomic mass is 16.6. The second-order valence-electron chi connectivity index (χ2n) is 4.63. The lowest BCUT2D eigenvalue weighted by atomic mass is 9.96. The molecule has 0 aromatic heterocycles. The van der Waals surface area contributed by atoms with E-state index in [2.05, 4.69) is 0 Å². The lowest BCUT2D eigenvalue weighted by Crippen LogP contribution is -2.53. The Morgan fingerprint density at radius 2 is 2.00 bits per heavy atom. The van der Waals surface area contributed by atoms with Gasteiger partial charge in [0.15, 0.2) is 0 Å². The standard InChI is InChI=1S/C11H22N2O2/c1-9(2)15-10(14)13(3)11(8-12)6-4-5-7-11/h9H,4-8,12H2,1-3H3. The van der Waals surface area contributed by atoms with E-state index < -0.39 is 0 Å². The van der Waals surface area contributed by atoms with Gasteiger partial charge in [-0.05, 0) is 26.7 Å². The number of carbonyl (C=O) groups is 1. The second kappa shape index (κ2) is 4.84. The fourth-order valence-corrected chi connectivity index (χ4v) is 2.18. The van der Waals surface area contributed by atoms with E-state index >= 15 is 0 Å². The van der Waals surface area contributed by atoms with E-state index in [0.29, 0.717) is 6.54 Å². The van der Waals surface area contributed by atoms with E-state index in [1.54, 1.807) is 11.9 Å². The Labute approximate surface area is 91.8 Å². The van der Waals surface area contributed by atoms with E-state index in [1.165, 1.54) is 0 Å². The zero-order chi connectivity index (χ0) is 11.5.